The summed E-state index contributed by atoms with van der Waals surface area (Å²) in [5.41, 5.74) is 2.23. The number of ether oxygens (including phenoxy) is 1. The highest BCUT2D eigenvalue weighted by Crippen LogP contribution is 2.22. The molecule has 4 nitrogen and oxygen atoms in total. The lowest BCUT2D eigenvalue weighted by Gasteiger charge is -2.19. The highest BCUT2D eigenvalue weighted by molar-refractivity contribution is 7.89. The number of sulfonamides is 1. The maximum absolute atomic E-state index is 12.3. The van der Waals surface area contributed by atoms with E-state index in [1.165, 1.54) is 17.7 Å². The number of hydrogen-bond donors (Lipinski definition) is 1. The van der Waals surface area contributed by atoms with Crippen LogP contribution >= 0.6 is 0 Å². The summed E-state index contributed by atoms with van der Waals surface area (Å²) in [7, 11) is -1.98. The van der Waals surface area contributed by atoms with Gasteiger partial charge in [0, 0.05) is 6.54 Å². The average Bonchev–Trinajstić information content (AvgIpc) is 2.53. The zero-order valence-corrected chi connectivity index (χ0v) is 14.8. The SMILES string of the molecule is COc1ccc(S(=O)(=O)NCc2ccc(C(C)(C)C)cc2)cc1. The molecular formula is C18H23NO3S. The Hall–Kier alpha value is -1.85. The van der Waals surface area contributed by atoms with Gasteiger partial charge in [-0.25, -0.2) is 13.1 Å². The first-order valence-electron chi connectivity index (χ1n) is 7.45. The van der Waals surface area contributed by atoms with E-state index in [9.17, 15) is 8.42 Å². The second kappa shape index (κ2) is 6.72. The Bertz CT molecular complexity index is 742. The normalized spacial score (nSPS) is 12.2. The lowest BCUT2D eigenvalue weighted by atomic mass is 9.87. The second-order valence-corrected chi connectivity index (χ2v) is 8.21. The van der Waals surface area contributed by atoms with E-state index in [1.807, 2.05) is 24.3 Å². The lowest BCUT2D eigenvalue weighted by Crippen LogP contribution is -2.23. The van der Waals surface area contributed by atoms with E-state index in [2.05, 4.69) is 25.5 Å². The van der Waals surface area contributed by atoms with Gasteiger partial charge in [-0.3, -0.25) is 0 Å². The Morgan fingerprint density at radius 1 is 0.957 bits per heavy atom. The molecule has 0 aromatic heterocycles. The third kappa shape index (κ3) is 4.56. The Morgan fingerprint density at radius 3 is 2.00 bits per heavy atom. The summed E-state index contributed by atoms with van der Waals surface area (Å²) in [5.74, 6) is 0.627. The van der Waals surface area contributed by atoms with Gasteiger partial charge in [-0.15, -0.1) is 0 Å². The van der Waals surface area contributed by atoms with Crippen LogP contribution in [0, 0.1) is 0 Å². The number of benzene rings is 2. The van der Waals surface area contributed by atoms with Gasteiger partial charge in [0.25, 0.3) is 0 Å². The fourth-order valence-corrected chi connectivity index (χ4v) is 3.16. The van der Waals surface area contributed by atoms with Crippen LogP contribution < -0.4 is 9.46 Å². The van der Waals surface area contributed by atoms with Crippen molar-refractivity contribution in [3.8, 4) is 5.75 Å². The first-order chi connectivity index (χ1) is 10.7. The minimum atomic E-state index is -3.53. The summed E-state index contributed by atoms with van der Waals surface area (Å²) in [6.45, 7) is 6.70. The van der Waals surface area contributed by atoms with Crippen molar-refractivity contribution in [2.45, 2.75) is 37.6 Å². The van der Waals surface area contributed by atoms with E-state index in [0.717, 1.165) is 5.56 Å². The predicted molar refractivity (Wildman–Crippen MR) is 92.2 cm³/mol. The van der Waals surface area contributed by atoms with Crippen molar-refractivity contribution in [3.63, 3.8) is 0 Å². The molecule has 23 heavy (non-hydrogen) atoms. The smallest absolute Gasteiger partial charge is 0.240 e. The molecule has 0 unspecified atom stereocenters. The zero-order valence-electron chi connectivity index (χ0n) is 14.0. The Morgan fingerprint density at radius 2 is 1.52 bits per heavy atom. The second-order valence-electron chi connectivity index (χ2n) is 6.45. The van der Waals surface area contributed by atoms with Gasteiger partial charge in [0.05, 0.1) is 12.0 Å². The molecular weight excluding hydrogens is 310 g/mol. The molecule has 1 N–H and O–H groups in total. The van der Waals surface area contributed by atoms with Crippen LogP contribution in [0.3, 0.4) is 0 Å². The maximum atomic E-state index is 12.3. The highest BCUT2D eigenvalue weighted by Gasteiger charge is 2.15. The van der Waals surface area contributed by atoms with Gasteiger partial charge in [-0.1, -0.05) is 45.0 Å². The van der Waals surface area contributed by atoms with E-state index in [0.29, 0.717) is 5.75 Å². The topological polar surface area (TPSA) is 55.4 Å². The summed E-state index contributed by atoms with van der Waals surface area (Å²) >= 11 is 0. The zero-order chi connectivity index (χ0) is 17.1. The Labute approximate surface area is 138 Å². The molecule has 0 aliphatic carbocycles. The molecule has 0 atom stereocenters. The number of hydrogen-bond acceptors (Lipinski definition) is 3. The van der Waals surface area contributed by atoms with Crippen molar-refractivity contribution >= 4 is 10.0 Å². The van der Waals surface area contributed by atoms with Crippen LogP contribution in [-0.2, 0) is 22.0 Å². The standard InChI is InChI=1S/C18H23NO3S/c1-18(2,3)15-7-5-14(6-8-15)13-19-23(20,21)17-11-9-16(22-4)10-12-17/h5-12,19H,13H2,1-4H3. The molecule has 2 rings (SSSR count). The Balaban J connectivity index is 2.06. The Kier molecular flexibility index (Phi) is 5.12. The first-order valence-corrected chi connectivity index (χ1v) is 8.94. The van der Waals surface area contributed by atoms with Crippen molar-refractivity contribution in [2.24, 2.45) is 0 Å². The molecule has 0 spiro atoms. The minimum Gasteiger partial charge on any atom is -0.497 e. The molecule has 0 aliphatic heterocycles. The highest BCUT2D eigenvalue weighted by atomic mass is 32.2. The van der Waals surface area contributed by atoms with Gasteiger partial charge in [-0.2, -0.15) is 0 Å². The molecule has 0 aliphatic rings. The van der Waals surface area contributed by atoms with Crippen LogP contribution in [-0.4, -0.2) is 15.5 Å². The van der Waals surface area contributed by atoms with Gasteiger partial charge in [0.15, 0.2) is 0 Å². The molecule has 0 amide bonds. The summed E-state index contributed by atoms with van der Waals surface area (Å²) in [6.07, 6.45) is 0. The fraction of sp³-hybridized carbons (Fsp3) is 0.333. The first kappa shape index (κ1) is 17.5. The van der Waals surface area contributed by atoms with Crippen molar-refractivity contribution in [1.29, 1.82) is 0 Å². The van der Waals surface area contributed by atoms with Crippen LogP contribution in [0.15, 0.2) is 53.4 Å². The van der Waals surface area contributed by atoms with Crippen molar-refractivity contribution in [1.82, 2.24) is 4.72 Å². The van der Waals surface area contributed by atoms with Crippen LogP contribution in [0.5, 0.6) is 5.75 Å². The molecule has 0 saturated carbocycles. The average molecular weight is 333 g/mol. The quantitative estimate of drug-likeness (QED) is 0.911. The largest absolute Gasteiger partial charge is 0.497 e. The molecule has 2 aromatic carbocycles. The van der Waals surface area contributed by atoms with Crippen molar-refractivity contribution < 1.29 is 13.2 Å². The summed E-state index contributed by atoms with van der Waals surface area (Å²) in [6, 6.07) is 14.3. The number of rotatable bonds is 5. The molecule has 5 heteroatoms. The summed E-state index contributed by atoms with van der Waals surface area (Å²) in [5, 5.41) is 0. The molecule has 2 aromatic rings. The summed E-state index contributed by atoms with van der Waals surface area (Å²) in [4.78, 5) is 0.226. The van der Waals surface area contributed by atoms with E-state index in [-0.39, 0.29) is 16.9 Å². The van der Waals surface area contributed by atoms with Gasteiger partial charge < -0.3 is 4.74 Å². The van der Waals surface area contributed by atoms with E-state index in [4.69, 9.17) is 4.74 Å². The van der Waals surface area contributed by atoms with Crippen molar-refractivity contribution in [3.05, 3.63) is 59.7 Å². The third-order valence-electron chi connectivity index (χ3n) is 3.66. The molecule has 0 bridgehead atoms. The van der Waals surface area contributed by atoms with Crippen LogP contribution in [0.2, 0.25) is 0 Å². The van der Waals surface area contributed by atoms with Gasteiger partial charge in [-0.05, 0) is 40.8 Å². The summed E-state index contributed by atoms with van der Waals surface area (Å²) < 4.78 is 32.2. The van der Waals surface area contributed by atoms with Gasteiger partial charge in [0.2, 0.25) is 10.0 Å². The minimum absolute atomic E-state index is 0.0845. The van der Waals surface area contributed by atoms with E-state index in [1.54, 1.807) is 19.2 Å². The fourth-order valence-electron chi connectivity index (χ4n) is 2.14. The maximum Gasteiger partial charge on any atom is 0.240 e. The monoisotopic (exact) mass is 333 g/mol. The van der Waals surface area contributed by atoms with Crippen molar-refractivity contribution in [2.75, 3.05) is 7.11 Å². The van der Waals surface area contributed by atoms with Crippen LogP contribution in [0.1, 0.15) is 31.9 Å². The van der Waals surface area contributed by atoms with Gasteiger partial charge >= 0.3 is 0 Å². The number of methoxy groups -OCH3 is 1. The van der Waals surface area contributed by atoms with Crippen LogP contribution in [0.25, 0.3) is 0 Å². The van der Waals surface area contributed by atoms with E-state index >= 15 is 0 Å². The lowest BCUT2D eigenvalue weighted by molar-refractivity contribution is 0.414. The number of nitrogens with one attached hydrogen (secondary N) is 1. The van der Waals surface area contributed by atoms with Crippen LogP contribution in [0.4, 0.5) is 0 Å². The molecule has 0 heterocycles. The third-order valence-corrected chi connectivity index (χ3v) is 5.07. The van der Waals surface area contributed by atoms with Gasteiger partial charge in [0.1, 0.15) is 5.75 Å². The molecule has 124 valence electrons. The molecule has 0 fully saturated rings. The molecule has 0 radical (unpaired) electrons. The predicted octanol–water partition coefficient (Wildman–Crippen LogP) is 3.47. The molecule has 0 saturated heterocycles. The van der Waals surface area contributed by atoms with E-state index < -0.39 is 10.0 Å².